The first-order chi connectivity index (χ1) is 31.3. The van der Waals surface area contributed by atoms with Crippen molar-refractivity contribution in [3.63, 3.8) is 0 Å². The Morgan fingerprint density at radius 1 is 0.716 bits per heavy atom. The van der Waals surface area contributed by atoms with Crippen molar-refractivity contribution in [3.8, 4) is 0 Å². The second kappa shape index (κ2) is 25.7. The predicted molar refractivity (Wildman–Crippen MR) is 255 cm³/mol. The highest BCUT2D eigenvalue weighted by molar-refractivity contribution is 8.02. The number of nitrogens with zero attached hydrogens (tertiary/aromatic N) is 3. The molecule has 24 nitrogen and oxygen atoms in total. The number of nitrogens with two attached hydrogens (primary N) is 2. The Kier molecular flexibility index (Phi) is 21.5. The molecule has 2 aliphatic rings. The number of esters is 5. The molecule has 0 bridgehead atoms. The Balaban J connectivity index is 0.000000253. The number of aromatic amines is 3. The van der Waals surface area contributed by atoms with Crippen molar-refractivity contribution in [2.45, 2.75) is 84.4 Å². The summed E-state index contributed by atoms with van der Waals surface area (Å²) in [5.74, 6) is -2.67. The summed E-state index contributed by atoms with van der Waals surface area (Å²) in [6, 6.07) is 0. The average molecular weight is 948 g/mol. The van der Waals surface area contributed by atoms with Crippen molar-refractivity contribution in [1.82, 2.24) is 29.5 Å². The molecule has 6 heterocycles. The van der Waals surface area contributed by atoms with Crippen LogP contribution in [0.4, 0.5) is 11.9 Å². The fraction of sp³-hybridized carbons (Fsp3) is 0.500. The summed E-state index contributed by atoms with van der Waals surface area (Å²) < 4.78 is 37.4. The molecule has 0 spiro atoms. The maximum atomic E-state index is 12.4. The molecule has 2 fully saturated rings. The number of nitrogen functional groups attached to an aromatic ring is 2. The second-order valence-electron chi connectivity index (χ2n) is 14.2. The third-order valence-corrected chi connectivity index (χ3v) is 10.6. The smallest absolute Gasteiger partial charge is 0.311 e. The van der Waals surface area contributed by atoms with E-state index < -0.39 is 96.4 Å². The maximum Gasteiger partial charge on any atom is 0.311 e. The summed E-state index contributed by atoms with van der Waals surface area (Å²) >= 11 is 1.50. The van der Waals surface area contributed by atoms with Crippen LogP contribution in [0.3, 0.4) is 0 Å². The lowest BCUT2D eigenvalue weighted by Gasteiger charge is -2.25. The van der Waals surface area contributed by atoms with Crippen molar-refractivity contribution in [1.29, 1.82) is 0 Å². The molecule has 6 rings (SSSR count). The highest BCUT2D eigenvalue weighted by Crippen LogP contribution is 2.33. The van der Waals surface area contributed by atoms with E-state index in [1.54, 1.807) is 0 Å². The zero-order valence-corrected chi connectivity index (χ0v) is 38.1. The van der Waals surface area contributed by atoms with E-state index in [1.807, 2.05) is 0 Å². The van der Waals surface area contributed by atoms with Crippen LogP contribution >= 0.6 is 22.7 Å². The lowest BCUT2D eigenvalue weighted by atomic mass is 8.56. The van der Waals surface area contributed by atoms with Crippen LogP contribution in [0, 0.1) is 0 Å². The van der Waals surface area contributed by atoms with Crippen LogP contribution < -0.4 is 32.3 Å². The molecule has 6 atom stereocenters. The van der Waals surface area contributed by atoms with Crippen molar-refractivity contribution >= 4 is 164 Å². The van der Waals surface area contributed by atoms with Gasteiger partial charge in [-0.3, -0.25) is 62.7 Å². The first-order valence-electron chi connectivity index (χ1n) is 19.5. The maximum absolute atomic E-state index is 12.4. The molecule has 13 radical (unpaired) electrons. The number of H-pyrrole nitrogens is 3. The largest absolute Gasteiger partial charge is 0.463 e. The van der Waals surface area contributed by atoms with Crippen LogP contribution in [0.2, 0.25) is 0 Å². The van der Waals surface area contributed by atoms with Gasteiger partial charge in [0.15, 0.2) is 23.6 Å². The SMILES string of the molecule is CC(=O)OC[C@@H]1C[C@@H](OC(C)=O)[C@H](OC(C)=O)O1.CC(=O)OC[C@@H]1C[C@@H](OC(C)=O)[C@H](n2c(=O)sc3c(=O)[nH]c(N)nc32)O1.Nc1nc2[nH]c(=O)sc2c(=O)[nH]1.[B][B]B([B])B(B([B])[B])B([B])[B]. The van der Waals surface area contributed by atoms with E-state index in [0.29, 0.717) is 17.8 Å². The van der Waals surface area contributed by atoms with E-state index in [2.05, 4.69) is 24.9 Å². The predicted octanol–water partition coefficient (Wildman–Crippen LogP) is -5.26. The van der Waals surface area contributed by atoms with Gasteiger partial charge in [-0.05, 0) is 0 Å². The zero-order valence-electron chi connectivity index (χ0n) is 36.5. The molecule has 4 aromatic heterocycles. The highest BCUT2D eigenvalue weighted by Gasteiger charge is 2.42. The molecule has 2 aliphatic heterocycles. The van der Waals surface area contributed by atoms with Gasteiger partial charge in [-0.2, -0.15) is 9.97 Å². The first-order valence-corrected chi connectivity index (χ1v) is 21.2. The minimum atomic E-state index is -1.02. The van der Waals surface area contributed by atoms with Gasteiger partial charge >= 0.3 is 39.6 Å². The molecule has 0 saturated carbocycles. The number of hydrogen-bond donors (Lipinski definition) is 5. The Bertz CT molecular complexity index is 2580. The summed E-state index contributed by atoms with van der Waals surface area (Å²) in [6.07, 6.45) is -6.13. The monoisotopic (exact) mass is 949 g/mol. The molecule has 67 heavy (non-hydrogen) atoms. The van der Waals surface area contributed by atoms with Crippen molar-refractivity contribution in [2.24, 2.45) is 0 Å². The van der Waals surface area contributed by atoms with Gasteiger partial charge in [-0.25, -0.2) is 0 Å². The molecular weight excluding hydrogens is 911 g/mol. The number of carbonyl (C=O) groups excluding carboxylic acids is 5. The molecular formula is C30H36B11N8O16S2. The highest BCUT2D eigenvalue weighted by atomic mass is 32.1. The minimum absolute atomic E-state index is 0.00144. The molecule has 2 saturated heterocycles. The number of nitrogens with one attached hydrogen (secondary N) is 3. The van der Waals surface area contributed by atoms with Crippen LogP contribution in [0.15, 0.2) is 19.2 Å². The quantitative estimate of drug-likeness (QED) is 0.0503. The van der Waals surface area contributed by atoms with E-state index >= 15 is 0 Å². The van der Waals surface area contributed by atoms with Gasteiger partial charge in [0.1, 0.15) is 28.7 Å². The van der Waals surface area contributed by atoms with Crippen LogP contribution in [0.1, 0.15) is 53.7 Å². The van der Waals surface area contributed by atoms with Crippen molar-refractivity contribution < 1.29 is 57.1 Å². The Morgan fingerprint density at radius 3 is 1.70 bits per heavy atom. The number of hydrogen-bond acceptors (Lipinski definition) is 22. The third kappa shape index (κ3) is 17.1. The van der Waals surface area contributed by atoms with Gasteiger partial charge in [-0.1, -0.05) is 22.7 Å². The van der Waals surface area contributed by atoms with Gasteiger partial charge in [-0.15, -0.1) is 0 Å². The average Bonchev–Trinajstić information content (AvgIpc) is 3.96. The Morgan fingerprint density at radius 2 is 1.21 bits per heavy atom. The zero-order chi connectivity index (χ0) is 50.4. The van der Waals surface area contributed by atoms with Crippen molar-refractivity contribution in [3.05, 3.63) is 40.0 Å². The van der Waals surface area contributed by atoms with E-state index in [-0.39, 0.29) is 69.0 Å². The number of aromatic nitrogens is 6. The number of fused-ring (bicyclic) bond motifs is 2. The summed E-state index contributed by atoms with van der Waals surface area (Å²) in [7, 11) is 33.5. The van der Waals surface area contributed by atoms with Crippen LogP contribution in [-0.2, 0) is 57.1 Å². The number of anilines is 2. The summed E-state index contributed by atoms with van der Waals surface area (Å²) in [4.78, 5) is 115. The Labute approximate surface area is 398 Å². The summed E-state index contributed by atoms with van der Waals surface area (Å²) in [5.41, 5.74) is 10.2. The lowest BCUT2D eigenvalue weighted by molar-refractivity contribution is -0.196. The van der Waals surface area contributed by atoms with Gasteiger partial charge < -0.3 is 44.6 Å². The Hall–Kier alpha value is -5.28. The molecule has 4 aromatic rings. The van der Waals surface area contributed by atoms with E-state index in [0.717, 1.165) is 15.9 Å². The van der Waals surface area contributed by atoms with E-state index in [9.17, 15) is 43.2 Å². The van der Waals surface area contributed by atoms with Gasteiger partial charge in [0.25, 0.3) is 11.1 Å². The third-order valence-electron chi connectivity index (χ3n) is 8.74. The van der Waals surface area contributed by atoms with Crippen LogP contribution in [0.5, 0.6) is 0 Å². The first kappa shape index (κ1) is 56.0. The fourth-order valence-corrected chi connectivity index (χ4v) is 7.64. The van der Waals surface area contributed by atoms with Crippen LogP contribution in [0.25, 0.3) is 20.7 Å². The number of ether oxygens (including phenoxy) is 7. The van der Waals surface area contributed by atoms with E-state index in [1.165, 1.54) is 41.7 Å². The minimum Gasteiger partial charge on any atom is -0.463 e. The topological polar surface area (TPSA) is 348 Å². The molecule has 0 amide bonds. The van der Waals surface area contributed by atoms with Gasteiger partial charge in [0.2, 0.25) is 18.2 Å². The standard InChI is InChI=1S/C14H16N4O7S.C11H16O7.C5H4N4O2S.B11/c1-5(19)23-4-7-3-8(24-6(2)20)12(25-7)18-10-9(26-14(18)22)11(21)17-13(15)16-10;1-6(12)15-5-9-4-10(16-7(2)13)11(18-9)17-8(3)14;6-4-7-2-1(3(10)9-4)12-5(11)8-2;1-7-10(6)11(8(2)3)9(4)5/h7-8,12H,3-4H2,1-2H3,(H3,15,16,17,21);9-11H,4-5H2,1-3H3;(H4,6,7,8,9,10,11);/t7-,8+,12+;9-,10+,11+;;/m00../s1. The molecule has 0 unspecified atom stereocenters. The molecule has 337 valence electrons. The van der Waals surface area contributed by atoms with Gasteiger partial charge in [0, 0.05) is 126 Å². The fourth-order valence-electron chi connectivity index (χ4n) is 6.13. The molecule has 37 heteroatoms. The van der Waals surface area contributed by atoms with Crippen LogP contribution in [-0.4, -0.2) is 182 Å². The molecule has 0 aromatic carbocycles. The molecule has 7 N–H and O–H groups in total. The van der Waals surface area contributed by atoms with Crippen molar-refractivity contribution in [2.75, 3.05) is 24.7 Å². The number of carbonyl (C=O) groups is 5. The lowest BCUT2D eigenvalue weighted by Crippen LogP contribution is -2.63. The molecule has 0 aliphatic carbocycles. The normalized spacial score (nSPS) is 19.1. The van der Waals surface area contributed by atoms with Gasteiger partial charge in [0.05, 0.1) is 12.2 Å². The number of rotatable bonds is 12. The second-order valence-corrected chi connectivity index (χ2v) is 16.2. The summed E-state index contributed by atoms with van der Waals surface area (Å²) in [6.45, 7) is 6.22. The number of thiazole rings is 2. The van der Waals surface area contributed by atoms with E-state index in [4.69, 9.17) is 91.0 Å². The summed E-state index contributed by atoms with van der Waals surface area (Å²) in [5, 5.41) is 0.